The Hall–Kier alpha value is -0.950. The number of hydrogen-bond acceptors (Lipinski definition) is 4. The van der Waals surface area contributed by atoms with E-state index in [9.17, 15) is 8.42 Å². The summed E-state index contributed by atoms with van der Waals surface area (Å²) in [6.45, 7) is 4.39. The maximum absolute atomic E-state index is 12.4. The Morgan fingerprint density at radius 3 is 2.15 bits per heavy atom. The normalized spacial score (nSPS) is 12.2. The minimum Gasteiger partial charge on any atom is -0.231 e. The second kappa shape index (κ2) is 5.81. The predicted octanol–water partition coefficient (Wildman–Crippen LogP) is 2.97. The van der Waals surface area contributed by atoms with E-state index in [1.165, 1.54) is 16.4 Å². The van der Waals surface area contributed by atoms with Crippen LogP contribution >= 0.6 is 23.2 Å². The first-order chi connectivity index (χ1) is 9.40. The van der Waals surface area contributed by atoms with Crippen LogP contribution in [0.15, 0.2) is 23.1 Å². The van der Waals surface area contributed by atoms with Crippen LogP contribution in [-0.2, 0) is 10.0 Å². The summed E-state index contributed by atoms with van der Waals surface area (Å²) in [5.41, 5.74) is 0.894. The van der Waals surface area contributed by atoms with Gasteiger partial charge in [-0.25, -0.2) is 18.4 Å². The number of hydrogen-bond donors (Lipinski definition) is 0. The second-order valence-electron chi connectivity index (χ2n) is 4.05. The van der Waals surface area contributed by atoms with Gasteiger partial charge in [-0.1, -0.05) is 37.0 Å². The van der Waals surface area contributed by atoms with Crippen molar-refractivity contribution in [2.24, 2.45) is 0 Å². The van der Waals surface area contributed by atoms with E-state index in [4.69, 9.17) is 23.2 Å². The average Bonchev–Trinajstić information content (AvgIpc) is 2.40. The molecule has 108 valence electrons. The third-order valence-corrected chi connectivity index (χ3v) is 5.57. The van der Waals surface area contributed by atoms with Crippen molar-refractivity contribution in [3.63, 3.8) is 0 Å². The van der Waals surface area contributed by atoms with Gasteiger partial charge in [0.15, 0.2) is 10.3 Å². The number of rotatable bonds is 4. The van der Waals surface area contributed by atoms with Crippen LogP contribution in [0.2, 0.25) is 10.3 Å². The molecular weight excluding hydrogens is 321 g/mol. The third-order valence-electron chi connectivity index (χ3n) is 2.90. The molecule has 0 aliphatic heterocycles. The maximum atomic E-state index is 12.4. The van der Waals surface area contributed by atoms with Gasteiger partial charge in [0.1, 0.15) is 0 Å². The molecule has 0 spiro atoms. The Morgan fingerprint density at radius 2 is 1.60 bits per heavy atom. The Bertz CT molecular complexity index is 746. The lowest BCUT2D eigenvalue weighted by molar-refractivity contribution is 0.445. The lowest BCUT2D eigenvalue weighted by Gasteiger charge is -2.18. The zero-order valence-corrected chi connectivity index (χ0v) is 13.3. The van der Waals surface area contributed by atoms with Crippen molar-refractivity contribution in [2.45, 2.75) is 18.7 Å². The van der Waals surface area contributed by atoms with Crippen LogP contribution in [0.4, 0.5) is 0 Å². The van der Waals surface area contributed by atoms with Gasteiger partial charge in [-0.3, -0.25) is 0 Å². The summed E-state index contributed by atoms with van der Waals surface area (Å²) in [5.74, 6) is 0. The molecule has 2 aromatic rings. The van der Waals surface area contributed by atoms with Gasteiger partial charge < -0.3 is 0 Å². The molecule has 0 unspecified atom stereocenters. The molecule has 0 saturated heterocycles. The van der Waals surface area contributed by atoms with Crippen LogP contribution in [0, 0.1) is 0 Å². The van der Waals surface area contributed by atoms with Crippen molar-refractivity contribution in [3.8, 4) is 0 Å². The van der Waals surface area contributed by atoms with Gasteiger partial charge in [0.05, 0.1) is 15.9 Å². The Labute approximate surface area is 127 Å². The Balaban J connectivity index is 2.59. The minimum atomic E-state index is -3.53. The molecule has 1 aromatic heterocycles. The highest BCUT2D eigenvalue weighted by Gasteiger charge is 2.22. The van der Waals surface area contributed by atoms with Crippen LogP contribution in [0.5, 0.6) is 0 Å². The fourth-order valence-electron chi connectivity index (χ4n) is 1.86. The summed E-state index contributed by atoms with van der Waals surface area (Å²) in [4.78, 5) is 8.26. The van der Waals surface area contributed by atoms with Crippen molar-refractivity contribution in [1.82, 2.24) is 14.3 Å². The van der Waals surface area contributed by atoms with Crippen LogP contribution in [-0.4, -0.2) is 35.8 Å². The van der Waals surface area contributed by atoms with Gasteiger partial charge in [0.25, 0.3) is 0 Å². The summed E-state index contributed by atoms with van der Waals surface area (Å²) in [5, 5.41) is 0.148. The summed E-state index contributed by atoms with van der Waals surface area (Å²) in [7, 11) is -3.53. The van der Waals surface area contributed by atoms with Crippen LogP contribution in [0.1, 0.15) is 13.8 Å². The highest BCUT2D eigenvalue weighted by Crippen LogP contribution is 2.24. The molecule has 2 rings (SSSR count). The van der Waals surface area contributed by atoms with Gasteiger partial charge in [0, 0.05) is 13.1 Å². The SMILES string of the molecule is CCN(CC)S(=O)(=O)c1ccc2nc(Cl)c(Cl)nc2c1. The first kappa shape index (κ1) is 15.4. The first-order valence-corrected chi connectivity index (χ1v) is 8.22. The van der Waals surface area contributed by atoms with Crippen molar-refractivity contribution in [1.29, 1.82) is 0 Å². The molecule has 0 aliphatic carbocycles. The van der Waals surface area contributed by atoms with Crippen molar-refractivity contribution in [2.75, 3.05) is 13.1 Å². The molecule has 0 fully saturated rings. The minimum absolute atomic E-state index is 0.0524. The van der Waals surface area contributed by atoms with E-state index in [2.05, 4.69) is 9.97 Å². The van der Waals surface area contributed by atoms with Gasteiger partial charge in [-0.15, -0.1) is 0 Å². The molecule has 0 radical (unpaired) electrons. The van der Waals surface area contributed by atoms with Crippen LogP contribution < -0.4 is 0 Å². The zero-order chi connectivity index (χ0) is 14.9. The predicted molar refractivity (Wildman–Crippen MR) is 79.7 cm³/mol. The molecule has 8 heteroatoms. The number of nitrogens with zero attached hydrogens (tertiary/aromatic N) is 3. The number of benzene rings is 1. The summed E-state index contributed by atoms with van der Waals surface area (Å²) in [6, 6.07) is 4.52. The van der Waals surface area contributed by atoms with E-state index in [0.29, 0.717) is 24.1 Å². The van der Waals surface area contributed by atoms with E-state index in [-0.39, 0.29) is 15.2 Å². The number of aromatic nitrogens is 2. The smallest absolute Gasteiger partial charge is 0.231 e. The first-order valence-electron chi connectivity index (χ1n) is 6.03. The highest BCUT2D eigenvalue weighted by atomic mass is 35.5. The van der Waals surface area contributed by atoms with Gasteiger partial charge in [0.2, 0.25) is 10.0 Å². The average molecular weight is 334 g/mol. The largest absolute Gasteiger partial charge is 0.243 e. The van der Waals surface area contributed by atoms with Gasteiger partial charge >= 0.3 is 0 Å². The fraction of sp³-hybridized carbons (Fsp3) is 0.333. The van der Waals surface area contributed by atoms with Crippen molar-refractivity contribution >= 4 is 44.3 Å². The molecule has 0 N–H and O–H groups in total. The molecular formula is C12H13Cl2N3O2S. The molecule has 20 heavy (non-hydrogen) atoms. The van der Waals surface area contributed by atoms with Gasteiger partial charge in [-0.2, -0.15) is 4.31 Å². The van der Waals surface area contributed by atoms with E-state index >= 15 is 0 Å². The standard InChI is InChI=1S/C12H13Cl2N3O2S/c1-3-17(4-2)20(18,19)8-5-6-9-10(7-8)16-12(14)11(13)15-9/h5-7H,3-4H2,1-2H3. The molecule has 0 atom stereocenters. The monoisotopic (exact) mass is 333 g/mol. The summed E-state index contributed by atoms with van der Waals surface area (Å²) < 4.78 is 26.2. The zero-order valence-electron chi connectivity index (χ0n) is 11.0. The van der Waals surface area contributed by atoms with Gasteiger partial charge in [-0.05, 0) is 18.2 Å². The third kappa shape index (κ3) is 2.74. The number of sulfonamides is 1. The number of halogens is 2. The summed E-state index contributed by atoms with van der Waals surface area (Å²) in [6.07, 6.45) is 0. The molecule has 5 nitrogen and oxygen atoms in total. The maximum Gasteiger partial charge on any atom is 0.243 e. The highest BCUT2D eigenvalue weighted by molar-refractivity contribution is 7.89. The molecule has 0 bridgehead atoms. The molecule has 0 amide bonds. The topological polar surface area (TPSA) is 63.2 Å². The molecule has 0 aliphatic rings. The van der Waals surface area contributed by atoms with E-state index < -0.39 is 10.0 Å². The number of fused-ring (bicyclic) bond motifs is 1. The molecule has 1 aromatic carbocycles. The quantitative estimate of drug-likeness (QED) is 0.862. The summed E-state index contributed by atoms with van der Waals surface area (Å²) >= 11 is 11.6. The molecule has 1 heterocycles. The lowest BCUT2D eigenvalue weighted by Crippen LogP contribution is -2.30. The fourth-order valence-corrected chi connectivity index (χ4v) is 3.61. The van der Waals surface area contributed by atoms with Crippen LogP contribution in [0.3, 0.4) is 0 Å². The lowest BCUT2D eigenvalue weighted by atomic mass is 10.3. The van der Waals surface area contributed by atoms with Crippen LogP contribution in [0.25, 0.3) is 11.0 Å². The van der Waals surface area contributed by atoms with Crippen molar-refractivity contribution in [3.05, 3.63) is 28.5 Å². The second-order valence-corrected chi connectivity index (χ2v) is 6.70. The van der Waals surface area contributed by atoms with E-state index in [1.807, 2.05) is 0 Å². The Morgan fingerprint density at radius 1 is 1.05 bits per heavy atom. The van der Waals surface area contributed by atoms with Crippen molar-refractivity contribution < 1.29 is 8.42 Å². The Kier molecular flexibility index (Phi) is 4.49. The van der Waals surface area contributed by atoms with E-state index in [0.717, 1.165) is 0 Å². The van der Waals surface area contributed by atoms with E-state index in [1.54, 1.807) is 19.9 Å². The molecule has 0 saturated carbocycles.